The number of hydrogen-bond donors (Lipinski definition) is 1. The van der Waals surface area contributed by atoms with Crippen molar-refractivity contribution in [1.82, 2.24) is 109 Å². The third-order valence-corrected chi connectivity index (χ3v) is 25.9. The van der Waals surface area contributed by atoms with Gasteiger partial charge in [-0.3, -0.25) is 88.6 Å². The van der Waals surface area contributed by atoms with Gasteiger partial charge in [0.05, 0.1) is 32.6 Å². The van der Waals surface area contributed by atoms with E-state index in [0.717, 1.165) is 105 Å². The first-order chi connectivity index (χ1) is 66.8. The van der Waals surface area contributed by atoms with Gasteiger partial charge in [-0.2, -0.15) is 4.98 Å². The van der Waals surface area contributed by atoms with Crippen LogP contribution in [-0.2, 0) is 142 Å². The molecule has 38 nitrogen and oxygen atoms in total. The Bertz CT molecular complexity index is 7970. The number of carbonyl (C=O) groups is 3. The van der Waals surface area contributed by atoms with Crippen molar-refractivity contribution in [2.24, 2.45) is 70.5 Å². The highest BCUT2D eigenvalue weighted by Gasteiger charge is 2.29. The lowest BCUT2D eigenvalue weighted by Gasteiger charge is -2.32. The normalized spacial score (nSPS) is 12.1. The predicted molar refractivity (Wildman–Crippen MR) is 554 cm³/mol. The summed E-state index contributed by atoms with van der Waals surface area (Å²) >= 11 is 17.3. The van der Waals surface area contributed by atoms with E-state index in [2.05, 4.69) is 115 Å². The zero-order chi connectivity index (χ0) is 101. The lowest BCUT2D eigenvalue weighted by Crippen LogP contribution is -2.47. The number of likely N-dealkylation sites (N-methyl/N-ethyl adjacent to an activating group) is 1. The van der Waals surface area contributed by atoms with Crippen molar-refractivity contribution in [3.05, 3.63) is 335 Å². The van der Waals surface area contributed by atoms with Gasteiger partial charge in [0.2, 0.25) is 11.8 Å². The van der Waals surface area contributed by atoms with Crippen LogP contribution in [-0.4, -0.2) is 174 Å². The number of halogens is 5. The Morgan fingerprint density at radius 3 is 1.04 bits per heavy atom. The second kappa shape index (κ2) is 45.5. The highest BCUT2D eigenvalue weighted by molar-refractivity contribution is 9.11. The Balaban J connectivity index is 0.000000148. The molecular formula is C97H104Br5N23O15. The average Bonchev–Trinajstić information content (AvgIpc) is 1.60. The number of ether oxygens (including phenoxy) is 2. The highest BCUT2D eigenvalue weighted by atomic mass is 79.9. The standard InChI is InChI=1S/C22H19BrN4O2.C21H25BrN6O3.C19H22BrN5O3.C19H21BrN4O4.C16H17BrN4O3/c1-25-20-19(21(28)26(2)22(25)29)27(14-16-9-6-10-17(23)13-16)18(24-20)12-11-15-7-4-3-5-8-15;1-24-7-9-27(10-8-24)17(29)12-16-23-19-18(20(30)26(3)21(31)25(19)2)28(16)13-14-5-4-6-15(22)11-14;1-4-8-21-15(26)10-14-22-17-16(18(27)24(3)19(28)23(17)2)25(14)11-12-6-5-7-13(20)9-12;1-4-8-28-15(25)10-14-21-17-16(18(26)23(3)19(27)22(17)2)24(14)11-12-6-5-7-13(20)9-12;1-4-24-15-18-13-12(14(22)20(3)16(23)19(13)2)21(15)9-10-6-5-7-11(17)8-10/h3-13H,14H2,1-2H3;4-6,11H,7-10,12-13H2,1-3H3;5-7,9H,4,8,10-11H2,1-3H3,(H,21,26);5-7,9H,4,8,10-11H2,1-3H3;5-8H,4,9H2,1-3H3/b12-11+;;;;. The Labute approximate surface area is 841 Å². The molecule has 10 aromatic heterocycles. The van der Waals surface area contributed by atoms with E-state index in [0.29, 0.717) is 134 Å². The number of piperazine rings is 1. The molecular weight excluding hydrogens is 2130 g/mol. The van der Waals surface area contributed by atoms with Crippen LogP contribution in [0.1, 0.15) is 90.3 Å². The molecule has 1 fully saturated rings. The van der Waals surface area contributed by atoms with Crippen LogP contribution in [0.4, 0.5) is 0 Å². The summed E-state index contributed by atoms with van der Waals surface area (Å²) in [7, 11) is 17.2. The van der Waals surface area contributed by atoms with Crippen molar-refractivity contribution in [3.8, 4) is 6.01 Å². The number of esters is 1. The Kier molecular flexibility index (Phi) is 33.7. The number of rotatable bonds is 24. The van der Waals surface area contributed by atoms with Crippen molar-refractivity contribution in [2.75, 3.05) is 53.0 Å². The van der Waals surface area contributed by atoms with Gasteiger partial charge < -0.3 is 42.9 Å². The molecule has 0 atom stereocenters. The lowest BCUT2D eigenvalue weighted by atomic mass is 10.2. The van der Waals surface area contributed by atoms with Crippen molar-refractivity contribution < 1.29 is 23.9 Å². The van der Waals surface area contributed by atoms with Crippen LogP contribution in [0.5, 0.6) is 6.01 Å². The van der Waals surface area contributed by atoms with E-state index in [-0.39, 0.29) is 59.0 Å². The first-order valence-electron chi connectivity index (χ1n) is 44.6. The highest BCUT2D eigenvalue weighted by Crippen LogP contribution is 2.27. The van der Waals surface area contributed by atoms with Gasteiger partial charge >= 0.3 is 34.4 Å². The number of aromatic nitrogens is 20. The molecule has 732 valence electrons. The van der Waals surface area contributed by atoms with Crippen molar-refractivity contribution in [1.29, 1.82) is 0 Å². The van der Waals surface area contributed by atoms with Crippen LogP contribution in [0, 0.1) is 0 Å². The molecule has 1 aliphatic rings. The molecule has 0 radical (unpaired) electrons. The van der Waals surface area contributed by atoms with Crippen molar-refractivity contribution in [3.63, 3.8) is 0 Å². The van der Waals surface area contributed by atoms with E-state index < -0.39 is 51.1 Å². The summed E-state index contributed by atoms with van der Waals surface area (Å²) in [6.45, 7) is 12.0. The van der Waals surface area contributed by atoms with E-state index in [1.165, 1.54) is 58.1 Å². The van der Waals surface area contributed by atoms with Gasteiger partial charge in [0.1, 0.15) is 29.7 Å². The van der Waals surface area contributed by atoms with Crippen molar-refractivity contribution >= 4 is 165 Å². The molecule has 0 unspecified atom stereocenters. The number of aryl methyl sites for hydroxylation is 5. The van der Waals surface area contributed by atoms with Crippen molar-refractivity contribution in [2.45, 2.75) is 85.6 Å². The minimum absolute atomic E-state index is 0.0271. The third-order valence-electron chi connectivity index (χ3n) is 23.4. The van der Waals surface area contributed by atoms with E-state index in [1.807, 2.05) is 201 Å². The van der Waals surface area contributed by atoms with Crippen LogP contribution >= 0.6 is 79.6 Å². The number of amides is 2. The Morgan fingerprint density at radius 1 is 0.357 bits per heavy atom. The van der Waals surface area contributed by atoms with Gasteiger partial charge in [-0.15, -0.1) is 0 Å². The monoisotopic (exact) mass is 2230 g/mol. The fourth-order valence-corrected chi connectivity index (χ4v) is 18.2. The van der Waals surface area contributed by atoms with Gasteiger partial charge in [-0.25, -0.2) is 43.9 Å². The third kappa shape index (κ3) is 23.1. The summed E-state index contributed by atoms with van der Waals surface area (Å²) in [5.74, 6) is 1.31. The molecule has 17 rings (SSSR count). The summed E-state index contributed by atoms with van der Waals surface area (Å²) in [6, 6.07) is 49.0. The molecule has 1 aliphatic heterocycles. The van der Waals surface area contributed by atoms with Gasteiger partial charge in [-0.05, 0) is 127 Å². The zero-order valence-corrected chi connectivity index (χ0v) is 87.4. The summed E-state index contributed by atoms with van der Waals surface area (Å²) in [5, 5.41) is 2.83. The molecule has 140 heavy (non-hydrogen) atoms. The predicted octanol–water partition coefficient (Wildman–Crippen LogP) is 8.67. The SMILES string of the molecule is CCCNC(=O)Cc1nc2c(c(=O)n(C)c(=O)n2C)n1Cc1cccc(Br)c1.CCCOC(=O)Cc1nc2c(c(=O)n(C)c(=O)n2C)n1Cc1cccc(Br)c1.CCOc1nc2c(c(=O)n(C)c(=O)n2C)n1Cc1cccc(Br)c1.CN1CCN(C(=O)Cc2nc3c(c(=O)n(C)c(=O)n3C)n2Cc2cccc(Br)c2)CC1.Cn1c(=O)c2c(nc(/C=C/c3ccccc3)n2Cc2cccc(Br)c2)n(C)c1=O. The maximum absolute atomic E-state index is 13.0. The molecule has 1 N–H and O–H groups in total. The molecule has 16 aromatic rings. The molecule has 0 aliphatic carbocycles. The Hall–Kier alpha value is -13.6. The molecule has 11 heterocycles. The van der Waals surface area contributed by atoms with E-state index in [9.17, 15) is 62.3 Å². The van der Waals surface area contributed by atoms with Crippen LogP contribution in [0.2, 0.25) is 0 Å². The minimum Gasteiger partial charge on any atom is -0.465 e. The van der Waals surface area contributed by atoms with Gasteiger partial charge in [0.25, 0.3) is 33.8 Å². The zero-order valence-electron chi connectivity index (χ0n) is 79.5. The van der Waals surface area contributed by atoms with Gasteiger partial charge in [-0.1, -0.05) is 191 Å². The number of benzene rings is 6. The lowest BCUT2D eigenvalue weighted by molar-refractivity contribution is -0.143. The van der Waals surface area contributed by atoms with Gasteiger partial charge in [0, 0.05) is 152 Å². The van der Waals surface area contributed by atoms with Crippen LogP contribution in [0.25, 0.3) is 68.0 Å². The second-order valence-corrected chi connectivity index (χ2v) is 38.0. The molecule has 43 heteroatoms. The maximum Gasteiger partial charge on any atom is 0.332 e. The maximum atomic E-state index is 13.0. The molecule has 0 saturated carbocycles. The van der Waals surface area contributed by atoms with E-state index in [1.54, 1.807) is 53.5 Å². The topological polar surface area (TPSA) is 397 Å². The Morgan fingerprint density at radius 2 is 0.686 bits per heavy atom. The molecule has 2 amide bonds. The van der Waals surface area contributed by atoms with Gasteiger partial charge in [0.15, 0.2) is 55.8 Å². The number of nitrogens with zero attached hydrogens (tertiary/aromatic N) is 22. The number of carbonyl (C=O) groups excluding carboxylic acids is 3. The number of hydrogen-bond acceptors (Lipinski definition) is 21. The molecule has 0 spiro atoms. The summed E-state index contributed by atoms with van der Waals surface area (Å²) in [5.41, 5.74) is 4.83. The minimum atomic E-state index is -0.468. The fourth-order valence-electron chi connectivity index (χ4n) is 15.9. The number of nitrogens with one attached hydrogen (secondary N) is 1. The van der Waals surface area contributed by atoms with Crippen LogP contribution in [0.15, 0.2) is 222 Å². The molecule has 1 saturated heterocycles. The number of imidazole rings is 5. The number of fused-ring (bicyclic) bond motifs is 5. The fraction of sp³-hybridized carbons (Fsp3) is 0.320. The van der Waals surface area contributed by atoms with E-state index in [4.69, 9.17) is 9.47 Å². The summed E-state index contributed by atoms with van der Waals surface area (Å²) in [4.78, 5) is 190. The molecule has 6 aromatic carbocycles. The quantitative estimate of drug-likeness (QED) is 0.0552. The summed E-state index contributed by atoms with van der Waals surface area (Å²) < 4.78 is 36.3. The largest absolute Gasteiger partial charge is 0.465 e. The molecule has 0 bridgehead atoms. The smallest absolute Gasteiger partial charge is 0.332 e. The van der Waals surface area contributed by atoms with E-state index >= 15 is 0 Å². The average molecular weight is 2230 g/mol. The second-order valence-electron chi connectivity index (χ2n) is 33.4. The first kappa shape index (κ1) is 104. The van der Waals surface area contributed by atoms with Crippen LogP contribution < -0.4 is 66.3 Å². The summed E-state index contributed by atoms with van der Waals surface area (Å²) in [6.07, 6.45) is 5.38. The first-order valence-corrected chi connectivity index (χ1v) is 48.5. The van der Waals surface area contributed by atoms with Crippen LogP contribution in [0.3, 0.4) is 0 Å².